The van der Waals surface area contributed by atoms with E-state index in [1.807, 2.05) is 6.92 Å². The number of fused-ring (bicyclic) bond motifs is 1. The van der Waals surface area contributed by atoms with Crippen molar-refractivity contribution in [2.75, 3.05) is 6.61 Å². The summed E-state index contributed by atoms with van der Waals surface area (Å²) in [7, 11) is 0. The van der Waals surface area contributed by atoms with Crippen LogP contribution in [0, 0.1) is 10.1 Å². The first kappa shape index (κ1) is 21.7. The van der Waals surface area contributed by atoms with Gasteiger partial charge in [0.25, 0.3) is 5.56 Å². The molecular formula is C20H16BrClN4O4. The molecule has 0 unspecified atom stereocenters. The van der Waals surface area contributed by atoms with Gasteiger partial charge in [0.15, 0.2) is 0 Å². The van der Waals surface area contributed by atoms with Crippen molar-refractivity contribution in [3.05, 3.63) is 84.3 Å². The largest absolute Gasteiger partial charge is 0.482 e. The lowest BCUT2D eigenvalue weighted by molar-refractivity contribution is -0.385. The Kier molecular flexibility index (Phi) is 6.63. The van der Waals surface area contributed by atoms with Crippen molar-refractivity contribution in [1.29, 1.82) is 0 Å². The maximum Gasteiger partial charge on any atom is 0.313 e. The number of benzene rings is 2. The Labute approximate surface area is 184 Å². The Balaban J connectivity index is 2.19. The third kappa shape index (κ3) is 4.42. The summed E-state index contributed by atoms with van der Waals surface area (Å²) in [4.78, 5) is 28.3. The van der Waals surface area contributed by atoms with Gasteiger partial charge >= 0.3 is 5.69 Å². The summed E-state index contributed by atoms with van der Waals surface area (Å²) in [5, 5.41) is 16.2. The van der Waals surface area contributed by atoms with E-state index in [1.54, 1.807) is 18.2 Å². The predicted molar refractivity (Wildman–Crippen MR) is 120 cm³/mol. The van der Waals surface area contributed by atoms with Crippen molar-refractivity contribution < 1.29 is 9.66 Å². The van der Waals surface area contributed by atoms with Crippen LogP contribution < -0.4 is 10.3 Å². The number of nitro groups is 1. The molecule has 1 aromatic heterocycles. The normalized spacial score (nSPS) is 11.2. The molecule has 0 amide bonds. The zero-order chi connectivity index (χ0) is 21.8. The molecule has 0 aliphatic heterocycles. The molecule has 2 aromatic carbocycles. The Morgan fingerprint density at radius 3 is 2.83 bits per heavy atom. The van der Waals surface area contributed by atoms with Gasteiger partial charge in [0, 0.05) is 27.5 Å². The molecule has 10 heteroatoms. The topological polar surface area (TPSA) is 99.6 Å². The van der Waals surface area contributed by atoms with Gasteiger partial charge in [-0.15, -0.1) is 0 Å². The molecule has 0 N–H and O–H groups in total. The van der Waals surface area contributed by atoms with Crippen LogP contribution in [0.2, 0.25) is 5.02 Å². The van der Waals surface area contributed by atoms with Crippen molar-refractivity contribution in [2.45, 2.75) is 13.3 Å². The first-order valence-electron chi connectivity index (χ1n) is 8.82. The number of halogens is 2. The molecular weight excluding hydrogens is 476 g/mol. The summed E-state index contributed by atoms with van der Waals surface area (Å²) in [6.07, 6.45) is 3.21. The van der Waals surface area contributed by atoms with Gasteiger partial charge < -0.3 is 4.74 Å². The summed E-state index contributed by atoms with van der Waals surface area (Å²) >= 11 is 9.39. The van der Waals surface area contributed by atoms with Gasteiger partial charge in [0.1, 0.15) is 12.4 Å². The highest BCUT2D eigenvalue weighted by Crippen LogP contribution is 2.33. The third-order valence-corrected chi connectivity index (χ3v) is 4.82. The quantitative estimate of drug-likeness (QED) is 0.206. The van der Waals surface area contributed by atoms with E-state index in [2.05, 4.69) is 32.6 Å². The van der Waals surface area contributed by atoms with Crippen molar-refractivity contribution in [3.8, 4) is 5.75 Å². The Bertz CT molecular complexity index is 1240. The standard InChI is InChI=1S/C20H16BrClN4O4/c1-3-7-30-19-12(8-14(22)10-17(19)26(28)29)11-23-25-18(4-2)24-16-6-5-13(21)9-15(16)20(25)27/h3,5-6,8-11H,1,4,7H2,2H3. The molecule has 0 fully saturated rings. The van der Waals surface area contributed by atoms with E-state index in [4.69, 9.17) is 16.3 Å². The Hall–Kier alpha value is -3.04. The lowest BCUT2D eigenvalue weighted by atomic mass is 10.2. The van der Waals surface area contributed by atoms with Crippen LogP contribution in [0.3, 0.4) is 0 Å². The first-order chi connectivity index (χ1) is 14.3. The minimum Gasteiger partial charge on any atom is -0.482 e. The molecule has 154 valence electrons. The summed E-state index contributed by atoms with van der Waals surface area (Å²) in [6, 6.07) is 7.87. The molecule has 0 saturated carbocycles. The average Bonchev–Trinajstić information content (AvgIpc) is 2.72. The zero-order valence-corrected chi connectivity index (χ0v) is 18.2. The SMILES string of the molecule is C=CCOc1c(C=Nn2c(CC)nc3ccc(Br)cc3c2=O)cc(Cl)cc1[N+](=O)[O-]. The molecule has 3 rings (SSSR count). The minimum atomic E-state index is -0.597. The number of hydrogen-bond acceptors (Lipinski definition) is 6. The van der Waals surface area contributed by atoms with Gasteiger partial charge in [-0.2, -0.15) is 9.78 Å². The number of hydrogen-bond donors (Lipinski definition) is 0. The van der Waals surface area contributed by atoms with Gasteiger partial charge in [-0.1, -0.05) is 47.1 Å². The average molecular weight is 492 g/mol. The van der Waals surface area contributed by atoms with Crippen molar-refractivity contribution in [2.24, 2.45) is 5.10 Å². The number of aryl methyl sites for hydroxylation is 1. The van der Waals surface area contributed by atoms with E-state index >= 15 is 0 Å². The number of nitro benzene ring substituents is 1. The molecule has 3 aromatic rings. The fourth-order valence-electron chi connectivity index (χ4n) is 2.79. The van der Waals surface area contributed by atoms with Gasteiger partial charge in [-0.05, 0) is 24.3 Å². The fourth-order valence-corrected chi connectivity index (χ4v) is 3.38. The lowest BCUT2D eigenvalue weighted by Crippen LogP contribution is -2.22. The first-order valence-corrected chi connectivity index (χ1v) is 10.00. The van der Waals surface area contributed by atoms with Crippen LogP contribution in [0.25, 0.3) is 10.9 Å². The number of nitrogens with zero attached hydrogens (tertiary/aromatic N) is 4. The van der Waals surface area contributed by atoms with E-state index in [1.165, 1.54) is 29.1 Å². The minimum absolute atomic E-state index is 0.0179. The van der Waals surface area contributed by atoms with Crippen LogP contribution in [0.5, 0.6) is 5.75 Å². The molecule has 30 heavy (non-hydrogen) atoms. The van der Waals surface area contributed by atoms with E-state index in [0.29, 0.717) is 23.1 Å². The van der Waals surface area contributed by atoms with Crippen LogP contribution in [0.1, 0.15) is 18.3 Å². The van der Waals surface area contributed by atoms with Crippen LogP contribution in [-0.4, -0.2) is 27.4 Å². The van der Waals surface area contributed by atoms with Crippen LogP contribution in [0.15, 0.2) is 57.4 Å². The van der Waals surface area contributed by atoms with Crippen molar-refractivity contribution in [3.63, 3.8) is 0 Å². The monoisotopic (exact) mass is 490 g/mol. The van der Waals surface area contributed by atoms with Crippen molar-refractivity contribution >= 4 is 50.3 Å². The molecule has 0 aliphatic carbocycles. The lowest BCUT2D eigenvalue weighted by Gasteiger charge is -2.10. The number of aromatic nitrogens is 2. The molecule has 0 saturated heterocycles. The number of ether oxygens (including phenoxy) is 1. The second kappa shape index (κ2) is 9.19. The highest BCUT2D eigenvalue weighted by Gasteiger charge is 2.20. The molecule has 0 spiro atoms. The second-order valence-corrected chi connectivity index (χ2v) is 7.46. The third-order valence-electron chi connectivity index (χ3n) is 4.11. The maximum absolute atomic E-state index is 13.0. The highest BCUT2D eigenvalue weighted by molar-refractivity contribution is 9.10. The van der Waals surface area contributed by atoms with E-state index in [9.17, 15) is 14.9 Å². The molecule has 1 heterocycles. The second-order valence-electron chi connectivity index (χ2n) is 6.10. The summed E-state index contributed by atoms with van der Waals surface area (Å²) in [6.45, 7) is 5.45. The summed E-state index contributed by atoms with van der Waals surface area (Å²) < 4.78 is 7.38. The molecule has 0 aliphatic rings. The van der Waals surface area contributed by atoms with E-state index in [-0.39, 0.29) is 34.2 Å². The van der Waals surface area contributed by atoms with Crippen molar-refractivity contribution in [1.82, 2.24) is 9.66 Å². The summed E-state index contributed by atoms with van der Waals surface area (Å²) in [5.41, 5.74) is 0.133. The van der Waals surface area contributed by atoms with Crippen LogP contribution >= 0.6 is 27.5 Å². The smallest absolute Gasteiger partial charge is 0.313 e. The highest BCUT2D eigenvalue weighted by atomic mass is 79.9. The Morgan fingerprint density at radius 2 is 2.17 bits per heavy atom. The molecule has 0 bridgehead atoms. The maximum atomic E-state index is 13.0. The molecule has 8 nitrogen and oxygen atoms in total. The fraction of sp³-hybridized carbons (Fsp3) is 0.150. The zero-order valence-electron chi connectivity index (χ0n) is 15.8. The molecule has 0 atom stereocenters. The predicted octanol–water partition coefficient (Wildman–Crippen LogP) is 4.73. The summed E-state index contributed by atoms with van der Waals surface area (Å²) in [5.74, 6) is 0.423. The van der Waals surface area contributed by atoms with Gasteiger partial charge in [-0.25, -0.2) is 4.98 Å². The van der Waals surface area contributed by atoms with Crippen LogP contribution in [0.4, 0.5) is 5.69 Å². The molecule has 0 radical (unpaired) electrons. The van der Waals surface area contributed by atoms with Crippen LogP contribution in [-0.2, 0) is 6.42 Å². The van der Waals surface area contributed by atoms with Gasteiger partial charge in [-0.3, -0.25) is 14.9 Å². The van der Waals surface area contributed by atoms with E-state index < -0.39 is 4.92 Å². The van der Waals surface area contributed by atoms with Gasteiger partial charge in [0.05, 0.1) is 22.0 Å². The number of rotatable bonds is 7. The van der Waals surface area contributed by atoms with Gasteiger partial charge in [0.2, 0.25) is 5.75 Å². The Morgan fingerprint density at radius 1 is 1.40 bits per heavy atom. The van der Waals surface area contributed by atoms with E-state index in [0.717, 1.165) is 4.47 Å².